The number of piperidine rings is 1. The molecule has 7 heteroatoms. The molecule has 0 spiro atoms. The van der Waals surface area contributed by atoms with Crippen molar-refractivity contribution in [2.24, 2.45) is 7.05 Å². The molecule has 0 aliphatic carbocycles. The summed E-state index contributed by atoms with van der Waals surface area (Å²) in [5.74, 6) is 2.61. The molecule has 0 saturated carbocycles. The van der Waals surface area contributed by atoms with Crippen molar-refractivity contribution in [3.8, 4) is 0 Å². The zero-order valence-corrected chi connectivity index (χ0v) is 14.8. The van der Waals surface area contributed by atoms with Gasteiger partial charge in [0, 0.05) is 32.3 Å². The number of nitrogens with zero attached hydrogens (tertiary/aromatic N) is 5. The van der Waals surface area contributed by atoms with Crippen LogP contribution in [0.25, 0.3) is 0 Å². The van der Waals surface area contributed by atoms with Crippen LogP contribution in [0.2, 0.25) is 0 Å². The summed E-state index contributed by atoms with van der Waals surface area (Å²) in [6, 6.07) is 3.70. The van der Waals surface area contributed by atoms with E-state index in [4.69, 9.17) is 0 Å². The minimum absolute atomic E-state index is 0.0936. The van der Waals surface area contributed by atoms with Gasteiger partial charge in [0.1, 0.15) is 17.3 Å². The van der Waals surface area contributed by atoms with Gasteiger partial charge in [0.05, 0.1) is 6.54 Å². The van der Waals surface area contributed by atoms with E-state index in [0.29, 0.717) is 11.6 Å². The number of amides is 1. The maximum Gasteiger partial charge on any atom is 0.270 e. The number of hydrogen-bond acceptors (Lipinski definition) is 4. The van der Waals surface area contributed by atoms with Gasteiger partial charge in [0.2, 0.25) is 0 Å². The van der Waals surface area contributed by atoms with Crippen LogP contribution in [0, 0.1) is 0 Å². The van der Waals surface area contributed by atoms with E-state index < -0.39 is 0 Å². The number of likely N-dealkylation sites (tertiary alicyclic amines) is 2. The van der Waals surface area contributed by atoms with E-state index in [1.165, 1.54) is 25.9 Å². The number of nitrogens with one attached hydrogen (secondary N) is 1. The molecule has 134 valence electrons. The third-order valence-electron chi connectivity index (χ3n) is 5.54. The predicted molar refractivity (Wildman–Crippen MR) is 94.2 cm³/mol. The first kappa shape index (κ1) is 16.3. The Kier molecular flexibility index (Phi) is 4.57. The summed E-state index contributed by atoms with van der Waals surface area (Å²) < 4.78 is 2.17. The molecule has 4 rings (SSSR count). The van der Waals surface area contributed by atoms with Crippen molar-refractivity contribution < 1.29 is 4.79 Å². The van der Waals surface area contributed by atoms with E-state index >= 15 is 0 Å². The number of aromatic nitrogens is 4. The Morgan fingerprint density at radius 2 is 1.96 bits per heavy atom. The molecular weight excluding hydrogens is 316 g/mol. The third kappa shape index (κ3) is 3.33. The van der Waals surface area contributed by atoms with E-state index in [1.54, 1.807) is 6.20 Å². The Morgan fingerprint density at radius 3 is 2.64 bits per heavy atom. The molecule has 2 aliphatic heterocycles. The zero-order valence-electron chi connectivity index (χ0n) is 14.8. The Labute approximate surface area is 148 Å². The van der Waals surface area contributed by atoms with Crippen LogP contribution in [0.1, 0.15) is 53.7 Å². The standard InChI is InChI=1S/C18H26N6O/c1-22-16(13-23-9-2-3-10-23)20-21-17(22)14-6-11-24(12-7-14)18(25)15-5-4-8-19-15/h4-5,8,14,19H,2-3,6-7,9-13H2,1H3. The number of carbonyl (C=O) groups excluding carboxylic acids is 1. The fraction of sp³-hybridized carbons (Fsp3) is 0.611. The van der Waals surface area contributed by atoms with Crippen LogP contribution < -0.4 is 0 Å². The monoisotopic (exact) mass is 342 g/mol. The maximum absolute atomic E-state index is 12.4. The fourth-order valence-electron chi connectivity index (χ4n) is 3.98. The molecule has 1 N–H and O–H groups in total. The predicted octanol–water partition coefficient (Wildman–Crippen LogP) is 1.76. The lowest BCUT2D eigenvalue weighted by Gasteiger charge is -2.31. The van der Waals surface area contributed by atoms with Gasteiger partial charge in [-0.05, 0) is 50.9 Å². The quantitative estimate of drug-likeness (QED) is 0.919. The summed E-state index contributed by atoms with van der Waals surface area (Å²) in [4.78, 5) is 19.8. The average Bonchev–Trinajstić information content (AvgIpc) is 3.39. The number of carbonyl (C=O) groups is 1. The van der Waals surface area contributed by atoms with E-state index in [9.17, 15) is 4.79 Å². The summed E-state index contributed by atoms with van der Waals surface area (Å²) in [7, 11) is 2.08. The molecule has 2 aromatic rings. The molecule has 1 amide bonds. The van der Waals surface area contributed by atoms with Gasteiger partial charge < -0.3 is 14.5 Å². The summed E-state index contributed by atoms with van der Waals surface area (Å²) in [5, 5.41) is 8.91. The van der Waals surface area contributed by atoms with Crippen LogP contribution in [-0.2, 0) is 13.6 Å². The Bertz CT molecular complexity index is 708. The lowest BCUT2D eigenvalue weighted by atomic mass is 9.95. The molecule has 2 aliphatic rings. The van der Waals surface area contributed by atoms with Gasteiger partial charge in [0.25, 0.3) is 5.91 Å². The van der Waals surface area contributed by atoms with Gasteiger partial charge in [-0.2, -0.15) is 0 Å². The van der Waals surface area contributed by atoms with Gasteiger partial charge in [-0.1, -0.05) is 0 Å². The highest BCUT2D eigenvalue weighted by atomic mass is 16.2. The molecular formula is C18H26N6O. The Morgan fingerprint density at radius 1 is 1.20 bits per heavy atom. The number of H-pyrrole nitrogens is 1. The van der Waals surface area contributed by atoms with E-state index in [0.717, 1.165) is 44.1 Å². The lowest BCUT2D eigenvalue weighted by molar-refractivity contribution is 0.0705. The number of hydrogen-bond donors (Lipinski definition) is 1. The van der Waals surface area contributed by atoms with Crippen molar-refractivity contribution >= 4 is 5.91 Å². The van der Waals surface area contributed by atoms with Gasteiger partial charge in [-0.3, -0.25) is 9.69 Å². The molecule has 2 saturated heterocycles. The van der Waals surface area contributed by atoms with Crippen molar-refractivity contribution in [3.63, 3.8) is 0 Å². The van der Waals surface area contributed by atoms with Crippen molar-refractivity contribution in [2.45, 2.75) is 38.1 Å². The highest BCUT2D eigenvalue weighted by molar-refractivity contribution is 5.92. The Hall–Kier alpha value is -2.15. The van der Waals surface area contributed by atoms with E-state index in [-0.39, 0.29) is 5.91 Å². The fourth-order valence-corrected chi connectivity index (χ4v) is 3.98. The van der Waals surface area contributed by atoms with Crippen LogP contribution in [0.5, 0.6) is 0 Å². The van der Waals surface area contributed by atoms with Crippen molar-refractivity contribution in [3.05, 3.63) is 35.7 Å². The second-order valence-electron chi connectivity index (χ2n) is 7.17. The van der Waals surface area contributed by atoms with E-state index in [2.05, 4.69) is 31.7 Å². The molecule has 0 unspecified atom stereocenters. The van der Waals surface area contributed by atoms with Crippen LogP contribution in [0.4, 0.5) is 0 Å². The van der Waals surface area contributed by atoms with Crippen LogP contribution in [-0.4, -0.2) is 61.6 Å². The molecule has 4 heterocycles. The molecule has 7 nitrogen and oxygen atoms in total. The van der Waals surface area contributed by atoms with Crippen molar-refractivity contribution in [1.29, 1.82) is 0 Å². The summed E-state index contributed by atoms with van der Waals surface area (Å²) in [6.45, 7) is 4.78. The van der Waals surface area contributed by atoms with Crippen molar-refractivity contribution in [2.75, 3.05) is 26.2 Å². The molecule has 2 fully saturated rings. The summed E-state index contributed by atoms with van der Waals surface area (Å²) in [6.07, 6.45) is 6.27. The van der Waals surface area contributed by atoms with E-state index in [1.807, 2.05) is 17.0 Å². The molecule has 0 atom stereocenters. The smallest absolute Gasteiger partial charge is 0.270 e. The normalized spacial score (nSPS) is 19.6. The third-order valence-corrected chi connectivity index (χ3v) is 5.54. The average molecular weight is 342 g/mol. The summed E-state index contributed by atoms with van der Waals surface area (Å²) >= 11 is 0. The lowest BCUT2D eigenvalue weighted by Crippen LogP contribution is -2.38. The first-order valence-electron chi connectivity index (χ1n) is 9.25. The minimum atomic E-state index is 0.0936. The van der Waals surface area contributed by atoms with Crippen molar-refractivity contribution in [1.82, 2.24) is 29.5 Å². The molecule has 0 radical (unpaired) electrons. The molecule has 2 aromatic heterocycles. The van der Waals surface area contributed by atoms with Crippen LogP contribution in [0.3, 0.4) is 0 Å². The van der Waals surface area contributed by atoms with Gasteiger partial charge in [-0.15, -0.1) is 10.2 Å². The SMILES string of the molecule is Cn1c(CN2CCCC2)nnc1C1CCN(C(=O)c2ccc[nH]2)CC1. The molecule has 0 bridgehead atoms. The van der Waals surface area contributed by atoms with Crippen LogP contribution in [0.15, 0.2) is 18.3 Å². The largest absolute Gasteiger partial charge is 0.357 e. The number of rotatable bonds is 4. The first-order chi connectivity index (χ1) is 12.2. The maximum atomic E-state index is 12.4. The minimum Gasteiger partial charge on any atom is -0.357 e. The highest BCUT2D eigenvalue weighted by Gasteiger charge is 2.28. The van der Waals surface area contributed by atoms with Gasteiger partial charge in [-0.25, -0.2) is 0 Å². The zero-order chi connectivity index (χ0) is 17.2. The van der Waals surface area contributed by atoms with Gasteiger partial charge in [0.15, 0.2) is 0 Å². The highest BCUT2D eigenvalue weighted by Crippen LogP contribution is 2.27. The Balaban J connectivity index is 1.37. The first-order valence-corrected chi connectivity index (χ1v) is 9.25. The van der Waals surface area contributed by atoms with Crippen LogP contribution >= 0.6 is 0 Å². The topological polar surface area (TPSA) is 70.1 Å². The molecule has 25 heavy (non-hydrogen) atoms. The van der Waals surface area contributed by atoms with Gasteiger partial charge >= 0.3 is 0 Å². The molecule has 0 aromatic carbocycles. The number of aromatic amines is 1. The second-order valence-corrected chi connectivity index (χ2v) is 7.17. The second kappa shape index (κ2) is 7.00. The summed E-state index contributed by atoms with van der Waals surface area (Å²) in [5.41, 5.74) is 0.671.